The summed E-state index contributed by atoms with van der Waals surface area (Å²) in [5.41, 5.74) is 8.11. The number of carbonyl (C=O) groups excluding carboxylic acids is 2. The highest BCUT2D eigenvalue weighted by Gasteiger charge is 2.15. The second-order valence-electron chi connectivity index (χ2n) is 5.43. The summed E-state index contributed by atoms with van der Waals surface area (Å²) in [5.74, 6) is -0.803. The van der Waals surface area contributed by atoms with Crippen molar-refractivity contribution in [2.75, 3.05) is 5.32 Å². The monoisotopic (exact) mass is 354 g/mol. The predicted octanol–water partition coefficient (Wildman–Crippen LogP) is 3.19. The number of halogens is 1. The molecule has 6 nitrogen and oxygen atoms in total. The number of hydrogen-bond donors (Lipinski definition) is 2. The van der Waals surface area contributed by atoms with E-state index in [-0.39, 0.29) is 5.91 Å². The number of carbonyl (C=O) groups is 2. The number of nitrogens with two attached hydrogens (primary N) is 1. The average Bonchev–Trinajstić information content (AvgIpc) is 2.98. The van der Waals surface area contributed by atoms with Crippen molar-refractivity contribution in [3.63, 3.8) is 0 Å². The molecule has 1 aromatic heterocycles. The van der Waals surface area contributed by atoms with Crippen LogP contribution in [0, 0.1) is 6.92 Å². The summed E-state index contributed by atoms with van der Waals surface area (Å²) in [6.07, 6.45) is 1.51. The van der Waals surface area contributed by atoms with Gasteiger partial charge in [0.05, 0.1) is 23.1 Å². The van der Waals surface area contributed by atoms with Crippen LogP contribution in [0.25, 0.3) is 5.69 Å². The SMILES string of the molecule is Cc1c(C(=O)Nc2ccc(C(N)=O)cc2)cnn1-c1ccc(Cl)cc1. The van der Waals surface area contributed by atoms with Gasteiger partial charge in [-0.3, -0.25) is 9.59 Å². The van der Waals surface area contributed by atoms with Gasteiger partial charge in [0.1, 0.15) is 0 Å². The normalized spacial score (nSPS) is 10.5. The maximum atomic E-state index is 12.5. The van der Waals surface area contributed by atoms with Crippen molar-refractivity contribution in [3.05, 3.63) is 76.6 Å². The van der Waals surface area contributed by atoms with Crippen LogP contribution in [0.4, 0.5) is 5.69 Å². The molecule has 0 aliphatic heterocycles. The Kier molecular flexibility index (Phi) is 4.54. The summed E-state index contributed by atoms with van der Waals surface area (Å²) in [7, 11) is 0. The second-order valence-corrected chi connectivity index (χ2v) is 5.86. The van der Waals surface area contributed by atoms with E-state index in [2.05, 4.69) is 10.4 Å². The topological polar surface area (TPSA) is 90.0 Å². The van der Waals surface area contributed by atoms with E-state index in [9.17, 15) is 9.59 Å². The van der Waals surface area contributed by atoms with E-state index in [1.165, 1.54) is 6.20 Å². The fourth-order valence-electron chi connectivity index (χ4n) is 2.39. The third kappa shape index (κ3) is 3.54. The molecular formula is C18H15ClN4O2. The van der Waals surface area contributed by atoms with E-state index in [1.54, 1.807) is 41.1 Å². The van der Waals surface area contributed by atoms with Gasteiger partial charge in [-0.05, 0) is 55.5 Å². The lowest BCUT2D eigenvalue weighted by molar-refractivity contribution is 0.0998. The molecule has 1 heterocycles. The van der Waals surface area contributed by atoms with Gasteiger partial charge >= 0.3 is 0 Å². The Morgan fingerprint density at radius 1 is 1.08 bits per heavy atom. The van der Waals surface area contributed by atoms with Gasteiger partial charge in [-0.1, -0.05) is 11.6 Å². The number of benzene rings is 2. The zero-order valence-corrected chi connectivity index (χ0v) is 14.1. The van der Waals surface area contributed by atoms with Crippen LogP contribution >= 0.6 is 11.6 Å². The average molecular weight is 355 g/mol. The summed E-state index contributed by atoms with van der Waals surface area (Å²) in [5, 5.41) is 7.67. The summed E-state index contributed by atoms with van der Waals surface area (Å²) in [6, 6.07) is 13.5. The minimum absolute atomic E-state index is 0.287. The Bertz CT molecular complexity index is 931. The Hall–Kier alpha value is -3.12. The molecule has 3 N–H and O–H groups in total. The van der Waals surface area contributed by atoms with Gasteiger partial charge in [-0.15, -0.1) is 0 Å². The van der Waals surface area contributed by atoms with Crippen LogP contribution in [-0.4, -0.2) is 21.6 Å². The zero-order chi connectivity index (χ0) is 18.0. The van der Waals surface area contributed by atoms with Crippen LogP contribution in [0.2, 0.25) is 5.02 Å². The van der Waals surface area contributed by atoms with E-state index < -0.39 is 5.91 Å². The molecule has 0 saturated heterocycles. The molecule has 25 heavy (non-hydrogen) atoms. The largest absolute Gasteiger partial charge is 0.366 e. The second kappa shape index (κ2) is 6.78. The molecule has 0 atom stereocenters. The van der Waals surface area contributed by atoms with Gasteiger partial charge in [0.2, 0.25) is 5.91 Å². The molecule has 2 aromatic carbocycles. The third-order valence-electron chi connectivity index (χ3n) is 3.75. The molecule has 0 aliphatic rings. The highest BCUT2D eigenvalue weighted by atomic mass is 35.5. The van der Waals surface area contributed by atoms with E-state index in [0.717, 1.165) is 5.69 Å². The van der Waals surface area contributed by atoms with Crippen LogP contribution in [0.5, 0.6) is 0 Å². The van der Waals surface area contributed by atoms with Crippen molar-refractivity contribution in [2.24, 2.45) is 5.73 Å². The first-order chi connectivity index (χ1) is 12.0. The molecular weight excluding hydrogens is 340 g/mol. The molecule has 0 saturated carbocycles. The standard InChI is InChI=1S/C18H15ClN4O2/c1-11-16(10-21-23(11)15-8-4-13(19)5-9-15)18(25)22-14-6-2-12(3-7-14)17(20)24/h2-10H,1H3,(H2,20,24)(H,22,25). The van der Waals surface area contributed by atoms with Gasteiger partial charge < -0.3 is 11.1 Å². The van der Waals surface area contributed by atoms with Crippen LogP contribution in [-0.2, 0) is 0 Å². The lowest BCUT2D eigenvalue weighted by Crippen LogP contribution is -2.14. The molecule has 0 fully saturated rings. The fraction of sp³-hybridized carbons (Fsp3) is 0.0556. The maximum Gasteiger partial charge on any atom is 0.259 e. The molecule has 3 rings (SSSR count). The molecule has 0 spiro atoms. The van der Waals surface area contributed by atoms with E-state index in [4.69, 9.17) is 17.3 Å². The molecule has 7 heteroatoms. The molecule has 0 aliphatic carbocycles. The Balaban J connectivity index is 1.81. The van der Waals surface area contributed by atoms with Gasteiger partial charge in [0, 0.05) is 16.3 Å². The predicted molar refractivity (Wildman–Crippen MR) is 96.2 cm³/mol. The number of primary amides is 1. The number of anilines is 1. The van der Waals surface area contributed by atoms with Gasteiger partial charge in [-0.2, -0.15) is 5.10 Å². The van der Waals surface area contributed by atoms with Crippen molar-refractivity contribution in [1.82, 2.24) is 9.78 Å². The first-order valence-corrected chi connectivity index (χ1v) is 7.85. The minimum atomic E-state index is -0.516. The van der Waals surface area contributed by atoms with E-state index in [0.29, 0.717) is 27.5 Å². The first kappa shape index (κ1) is 16.7. The summed E-state index contributed by atoms with van der Waals surface area (Å²) in [6.45, 7) is 1.81. The Morgan fingerprint density at radius 3 is 2.32 bits per heavy atom. The molecule has 0 bridgehead atoms. The van der Waals surface area contributed by atoms with E-state index >= 15 is 0 Å². The van der Waals surface area contributed by atoms with Crippen molar-refractivity contribution in [3.8, 4) is 5.69 Å². The van der Waals surface area contributed by atoms with Crippen LogP contribution < -0.4 is 11.1 Å². The van der Waals surface area contributed by atoms with Gasteiger partial charge in [0.15, 0.2) is 0 Å². The van der Waals surface area contributed by atoms with Gasteiger partial charge in [-0.25, -0.2) is 4.68 Å². The third-order valence-corrected chi connectivity index (χ3v) is 4.00. The van der Waals surface area contributed by atoms with Crippen LogP contribution in [0.1, 0.15) is 26.4 Å². The van der Waals surface area contributed by atoms with Crippen molar-refractivity contribution in [2.45, 2.75) is 6.92 Å². The molecule has 0 radical (unpaired) electrons. The fourth-order valence-corrected chi connectivity index (χ4v) is 2.52. The lowest BCUT2D eigenvalue weighted by Gasteiger charge is -2.07. The summed E-state index contributed by atoms with van der Waals surface area (Å²) in [4.78, 5) is 23.5. The van der Waals surface area contributed by atoms with Crippen LogP contribution in [0.3, 0.4) is 0 Å². The summed E-state index contributed by atoms with van der Waals surface area (Å²) < 4.78 is 1.67. The lowest BCUT2D eigenvalue weighted by atomic mass is 10.2. The van der Waals surface area contributed by atoms with Crippen molar-refractivity contribution < 1.29 is 9.59 Å². The molecule has 3 aromatic rings. The summed E-state index contributed by atoms with van der Waals surface area (Å²) >= 11 is 5.89. The number of rotatable bonds is 4. The van der Waals surface area contributed by atoms with Gasteiger partial charge in [0.25, 0.3) is 5.91 Å². The number of nitrogens with zero attached hydrogens (tertiary/aromatic N) is 2. The molecule has 126 valence electrons. The number of hydrogen-bond acceptors (Lipinski definition) is 3. The van der Waals surface area contributed by atoms with Crippen molar-refractivity contribution >= 4 is 29.1 Å². The zero-order valence-electron chi connectivity index (χ0n) is 13.4. The Labute approximate surface area is 149 Å². The highest BCUT2D eigenvalue weighted by molar-refractivity contribution is 6.30. The quantitative estimate of drug-likeness (QED) is 0.753. The smallest absolute Gasteiger partial charge is 0.259 e. The first-order valence-electron chi connectivity index (χ1n) is 7.47. The van der Waals surface area contributed by atoms with Crippen LogP contribution in [0.15, 0.2) is 54.7 Å². The molecule has 2 amide bonds. The van der Waals surface area contributed by atoms with Crippen molar-refractivity contribution in [1.29, 1.82) is 0 Å². The van der Waals surface area contributed by atoms with E-state index in [1.807, 2.05) is 19.1 Å². The number of aromatic nitrogens is 2. The molecule has 0 unspecified atom stereocenters. The highest BCUT2D eigenvalue weighted by Crippen LogP contribution is 2.18. The Morgan fingerprint density at radius 2 is 1.72 bits per heavy atom. The number of amides is 2. The number of nitrogens with one attached hydrogen (secondary N) is 1. The minimum Gasteiger partial charge on any atom is -0.366 e. The maximum absolute atomic E-state index is 12.5.